The van der Waals surface area contributed by atoms with Crippen LogP contribution in [0.15, 0.2) is 58.2 Å². The molecule has 0 saturated carbocycles. The molecule has 2 aromatic carbocycles. The molecule has 0 spiro atoms. The number of carbonyl (C=O) groups excluding carboxylic acids is 1. The van der Waals surface area contributed by atoms with E-state index >= 15 is 0 Å². The molecule has 1 aromatic heterocycles. The number of aryl methyl sites for hydroxylation is 2. The molecule has 1 heterocycles. The van der Waals surface area contributed by atoms with E-state index in [0.29, 0.717) is 22.1 Å². The van der Waals surface area contributed by atoms with Crippen molar-refractivity contribution in [3.05, 3.63) is 80.2 Å². The van der Waals surface area contributed by atoms with Gasteiger partial charge in [0.15, 0.2) is 5.78 Å². The average Bonchev–Trinajstić information content (AvgIpc) is 2.96. The lowest BCUT2D eigenvalue weighted by molar-refractivity contribution is 0.0993. The first-order valence-corrected chi connectivity index (χ1v) is 10.2. The average molecular weight is 405 g/mol. The molecule has 3 rings (SSSR count). The molecule has 0 radical (unpaired) electrons. The van der Waals surface area contributed by atoms with Crippen molar-refractivity contribution in [1.82, 2.24) is 8.94 Å². The van der Waals surface area contributed by atoms with E-state index in [-0.39, 0.29) is 17.9 Å². The molecule has 0 N–H and O–H groups in total. The Bertz CT molecular complexity index is 947. The largest absolute Gasteiger partial charge is 0.358 e. The molecular formula is C19H17ClN2O2S2. The van der Waals surface area contributed by atoms with Crippen LogP contribution < -0.4 is 5.69 Å². The van der Waals surface area contributed by atoms with Crippen LogP contribution >= 0.6 is 34.9 Å². The Kier molecular flexibility index (Phi) is 6.29. The van der Waals surface area contributed by atoms with Gasteiger partial charge in [0.1, 0.15) is 5.01 Å². The fraction of sp³-hybridized carbons (Fsp3) is 0.211. The summed E-state index contributed by atoms with van der Waals surface area (Å²) < 4.78 is 1.60. The molecule has 134 valence electrons. The second-order valence-corrected chi connectivity index (χ2v) is 8.45. The van der Waals surface area contributed by atoms with E-state index in [9.17, 15) is 9.59 Å². The van der Waals surface area contributed by atoms with Crippen LogP contribution in [0.1, 0.15) is 20.9 Å². The molecule has 3 aromatic rings. The molecule has 7 heteroatoms. The molecule has 0 atom stereocenters. The van der Waals surface area contributed by atoms with Crippen molar-refractivity contribution in [1.29, 1.82) is 0 Å². The number of halogens is 1. The summed E-state index contributed by atoms with van der Waals surface area (Å²) in [7, 11) is 0. The molecule has 0 unspecified atom stereocenters. The maximum atomic E-state index is 12.3. The molecule has 4 nitrogen and oxygen atoms in total. The van der Waals surface area contributed by atoms with Crippen molar-refractivity contribution in [2.24, 2.45) is 0 Å². The quantitative estimate of drug-likeness (QED) is 0.430. The first-order chi connectivity index (χ1) is 12.5. The van der Waals surface area contributed by atoms with Crippen LogP contribution in [0.4, 0.5) is 0 Å². The molecule has 0 amide bonds. The predicted octanol–water partition coefficient (Wildman–Crippen LogP) is 4.48. The van der Waals surface area contributed by atoms with Gasteiger partial charge in [-0.3, -0.25) is 4.79 Å². The number of Topliss-reactive ketones (excluding diaryl/α,β-unsaturated/α-hetero) is 1. The Morgan fingerprint density at radius 3 is 2.54 bits per heavy atom. The minimum Gasteiger partial charge on any atom is -0.294 e. The van der Waals surface area contributed by atoms with Crippen LogP contribution in [-0.4, -0.2) is 20.5 Å². The van der Waals surface area contributed by atoms with Gasteiger partial charge in [-0.2, -0.15) is 4.98 Å². The molecular weight excluding hydrogens is 388 g/mol. The topological polar surface area (TPSA) is 52.0 Å². The zero-order chi connectivity index (χ0) is 18.5. The van der Waals surface area contributed by atoms with Crippen molar-refractivity contribution < 1.29 is 4.79 Å². The smallest absolute Gasteiger partial charge is 0.294 e. The first-order valence-electron chi connectivity index (χ1n) is 8.06. The van der Waals surface area contributed by atoms with Crippen molar-refractivity contribution in [3.8, 4) is 0 Å². The van der Waals surface area contributed by atoms with Gasteiger partial charge in [0.2, 0.25) is 0 Å². The molecule has 0 fully saturated rings. The number of carbonyl (C=O) groups is 1. The number of nitrogens with zero attached hydrogens (tertiary/aromatic N) is 2. The fourth-order valence-corrected chi connectivity index (χ4v) is 4.27. The van der Waals surface area contributed by atoms with Gasteiger partial charge in [-0.15, -0.1) is 11.8 Å². The lowest BCUT2D eigenvalue weighted by Crippen LogP contribution is -2.16. The van der Waals surface area contributed by atoms with Gasteiger partial charge in [-0.05, 0) is 42.7 Å². The number of benzene rings is 2. The van der Waals surface area contributed by atoms with Crippen LogP contribution in [0.5, 0.6) is 0 Å². The monoisotopic (exact) mass is 404 g/mol. The van der Waals surface area contributed by atoms with Gasteiger partial charge < -0.3 is 0 Å². The summed E-state index contributed by atoms with van der Waals surface area (Å²) in [4.78, 5) is 29.4. The Morgan fingerprint density at radius 1 is 1.15 bits per heavy atom. The predicted molar refractivity (Wildman–Crippen MR) is 108 cm³/mol. The van der Waals surface area contributed by atoms with Crippen LogP contribution in [-0.2, 0) is 13.0 Å². The summed E-state index contributed by atoms with van der Waals surface area (Å²) in [6.07, 6.45) is 0.153. The zero-order valence-corrected chi connectivity index (χ0v) is 16.5. The number of ketones is 1. The normalized spacial score (nSPS) is 10.8. The number of aromatic nitrogens is 2. The fourth-order valence-electron chi connectivity index (χ4n) is 2.32. The number of hydrogen-bond donors (Lipinski definition) is 0. The van der Waals surface area contributed by atoms with Crippen molar-refractivity contribution in [2.45, 2.75) is 24.8 Å². The van der Waals surface area contributed by atoms with Gasteiger partial charge in [0, 0.05) is 27.8 Å². The highest BCUT2D eigenvalue weighted by molar-refractivity contribution is 7.99. The lowest BCUT2D eigenvalue weighted by Gasteiger charge is -2.01. The standard InChI is InChI=1S/C19H17ClN2O2S2/c1-13-2-4-14(5-3-13)17(23)12-18-21-19(24)22(26-18)10-11-25-16-8-6-15(20)7-9-16/h2-9H,10-12H2,1H3. The summed E-state index contributed by atoms with van der Waals surface area (Å²) in [5, 5.41) is 1.26. The van der Waals surface area contributed by atoms with Gasteiger partial charge >= 0.3 is 5.69 Å². The highest BCUT2D eigenvalue weighted by Gasteiger charge is 2.12. The first kappa shape index (κ1) is 18.9. The Hall–Kier alpha value is -1.89. The van der Waals surface area contributed by atoms with Crippen LogP contribution in [0.25, 0.3) is 0 Å². The minimum absolute atomic E-state index is 0.0264. The Labute approximate surface area is 165 Å². The highest BCUT2D eigenvalue weighted by atomic mass is 35.5. The molecule has 0 aliphatic heterocycles. The third-order valence-electron chi connectivity index (χ3n) is 3.71. The van der Waals surface area contributed by atoms with Crippen LogP contribution in [0.3, 0.4) is 0 Å². The van der Waals surface area contributed by atoms with E-state index in [2.05, 4.69) is 4.98 Å². The lowest BCUT2D eigenvalue weighted by atomic mass is 10.1. The van der Waals surface area contributed by atoms with Crippen molar-refractivity contribution in [2.75, 3.05) is 5.75 Å². The van der Waals surface area contributed by atoms with Gasteiger partial charge in [0.05, 0.1) is 6.42 Å². The summed E-state index contributed by atoms with van der Waals surface area (Å²) in [6.45, 7) is 2.53. The van der Waals surface area contributed by atoms with E-state index in [1.165, 1.54) is 11.5 Å². The van der Waals surface area contributed by atoms with Crippen molar-refractivity contribution in [3.63, 3.8) is 0 Å². The van der Waals surface area contributed by atoms with E-state index in [4.69, 9.17) is 11.6 Å². The van der Waals surface area contributed by atoms with Gasteiger partial charge in [-0.1, -0.05) is 41.4 Å². The molecule has 0 aliphatic rings. The third-order valence-corrected chi connectivity index (χ3v) is 5.96. The third kappa shape index (κ3) is 5.06. The zero-order valence-electron chi connectivity index (χ0n) is 14.1. The minimum atomic E-state index is -0.293. The molecule has 26 heavy (non-hydrogen) atoms. The van der Waals surface area contributed by atoms with Gasteiger partial charge in [0.25, 0.3) is 0 Å². The second kappa shape index (κ2) is 8.66. The van der Waals surface area contributed by atoms with E-state index in [1.807, 2.05) is 43.3 Å². The van der Waals surface area contributed by atoms with E-state index < -0.39 is 0 Å². The molecule has 0 bridgehead atoms. The SMILES string of the molecule is Cc1ccc(C(=O)Cc2nc(=O)n(CCSc3ccc(Cl)cc3)s2)cc1. The van der Waals surface area contributed by atoms with Crippen LogP contribution in [0.2, 0.25) is 5.02 Å². The summed E-state index contributed by atoms with van der Waals surface area (Å²) in [6, 6.07) is 15.0. The van der Waals surface area contributed by atoms with E-state index in [0.717, 1.165) is 16.2 Å². The second-order valence-electron chi connectivity index (χ2n) is 5.75. The Morgan fingerprint density at radius 2 is 1.85 bits per heavy atom. The summed E-state index contributed by atoms with van der Waals surface area (Å²) in [5.41, 5.74) is 1.45. The molecule has 0 aliphatic carbocycles. The van der Waals surface area contributed by atoms with Gasteiger partial charge in [-0.25, -0.2) is 8.75 Å². The number of hydrogen-bond acceptors (Lipinski definition) is 5. The van der Waals surface area contributed by atoms with Crippen molar-refractivity contribution >= 4 is 40.7 Å². The Balaban J connectivity index is 1.58. The number of rotatable bonds is 7. The highest BCUT2D eigenvalue weighted by Crippen LogP contribution is 2.20. The van der Waals surface area contributed by atoms with E-state index in [1.54, 1.807) is 27.9 Å². The maximum absolute atomic E-state index is 12.3. The maximum Gasteiger partial charge on any atom is 0.358 e. The molecule has 0 saturated heterocycles. The van der Waals surface area contributed by atoms with Crippen LogP contribution in [0, 0.1) is 6.92 Å². The summed E-state index contributed by atoms with van der Waals surface area (Å²) in [5.74, 6) is 0.719. The number of thioether (sulfide) groups is 1. The summed E-state index contributed by atoms with van der Waals surface area (Å²) >= 11 is 8.78.